The van der Waals surface area contributed by atoms with Gasteiger partial charge in [-0.15, -0.1) is 11.3 Å². The second-order valence-electron chi connectivity index (χ2n) is 7.48. The third-order valence-corrected chi connectivity index (χ3v) is 7.89. The number of thiophene rings is 1. The van der Waals surface area contributed by atoms with Gasteiger partial charge in [0, 0.05) is 20.8 Å². The van der Waals surface area contributed by atoms with E-state index in [1.165, 1.54) is 28.7 Å². The van der Waals surface area contributed by atoms with Crippen molar-refractivity contribution in [3.05, 3.63) is 65.3 Å². The number of methoxy groups -OCH3 is 1. The highest BCUT2D eigenvalue weighted by molar-refractivity contribution is 7.99. The monoisotopic (exact) mass is 478 g/mol. The number of benzene rings is 2. The van der Waals surface area contributed by atoms with Crippen LogP contribution in [0.5, 0.6) is 5.75 Å². The maximum atomic E-state index is 5.56. The topological polar surface area (TPSA) is 59.1 Å². The molecule has 0 aliphatic heterocycles. The molecule has 0 unspecified atom stereocenters. The molecule has 32 heavy (non-hydrogen) atoms. The highest BCUT2D eigenvalue weighted by Gasteiger charge is 2.20. The molecule has 5 nitrogen and oxygen atoms in total. The summed E-state index contributed by atoms with van der Waals surface area (Å²) >= 11 is 9.05. The highest BCUT2D eigenvalue weighted by atomic mass is 32.2. The van der Waals surface area contributed by atoms with E-state index >= 15 is 0 Å². The summed E-state index contributed by atoms with van der Waals surface area (Å²) in [7, 11) is 1.65. The van der Waals surface area contributed by atoms with Crippen LogP contribution in [0.15, 0.2) is 64.8 Å². The van der Waals surface area contributed by atoms with Crippen LogP contribution in [0.25, 0.3) is 10.2 Å². The Labute approximate surface area is 200 Å². The van der Waals surface area contributed by atoms with E-state index in [9.17, 15) is 0 Å². The zero-order valence-electron chi connectivity index (χ0n) is 17.6. The summed E-state index contributed by atoms with van der Waals surface area (Å²) in [5, 5.41) is 9.34. The van der Waals surface area contributed by atoms with Gasteiger partial charge >= 0.3 is 0 Å². The first-order chi connectivity index (χ1) is 15.7. The predicted octanol–water partition coefficient (Wildman–Crippen LogP) is 6.54. The number of thiocarbonyl (C=S) groups is 1. The summed E-state index contributed by atoms with van der Waals surface area (Å²) < 4.78 is 5.21. The average Bonchev–Trinajstić information content (AvgIpc) is 3.20. The number of anilines is 2. The Bertz CT molecular complexity index is 1270. The number of aromatic nitrogens is 2. The van der Waals surface area contributed by atoms with Gasteiger partial charge in [-0.05, 0) is 79.9 Å². The SMILES string of the molecule is COc1ccc(NC(=S)Nc2ccccc2Sc2ncnc3sc4c(c23)CCCC4)cc1. The van der Waals surface area contributed by atoms with Crippen LogP contribution in [0.2, 0.25) is 0 Å². The molecule has 4 aromatic rings. The van der Waals surface area contributed by atoms with Crippen LogP contribution < -0.4 is 15.4 Å². The summed E-state index contributed by atoms with van der Waals surface area (Å²) in [6, 6.07) is 15.8. The van der Waals surface area contributed by atoms with E-state index in [0.29, 0.717) is 5.11 Å². The van der Waals surface area contributed by atoms with Crippen molar-refractivity contribution in [2.45, 2.75) is 35.6 Å². The first kappa shape index (κ1) is 21.2. The smallest absolute Gasteiger partial charge is 0.175 e. The van der Waals surface area contributed by atoms with Crippen molar-refractivity contribution in [1.29, 1.82) is 0 Å². The van der Waals surface area contributed by atoms with Crippen molar-refractivity contribution in [2.75, 3.05) is 17.7 Å². The quantitative estimate of drug-likeness (QED) is 0.249. The first-order valence-electron chi connectivity index (χ1n) is 10.5. The standard InChI is InChI=1S/C24H22N4OS3/c1-29-16-12-10-15(11-13-16)27-24(30)28-18-7-3-5-9-20(18)32-23-21-17-6-2-4-8-19(17)31-22(21)25-14-26-23/h3,5,7,9-14H,2,4,6,8H2,1H3,(H2,27,28,30). The van der Waals surface area contributed by atoms with Gasteiger partial charge in [0.1, 0.15) is 21.9 Å². The largest absolute Gasteiger partial charge is 0.497 e. The molecule has 0 saturated carbocycles. The molecule has 162 valence electrons. The van der Waals surface area contributed by atoms with Gasteiger partial charge in [0.05, 0.1) is 12.8 Å². The van der Waals surface area contributed by atoms with Crippen LogP contribution in [-0.4, -0.2) is 22.2 Å². The molecule has 0 bridgehead atoms. The molecule has 0 saturated heterocycles. The van der Waals surface area contributed by atoms with Crippen LogP contribution in [-0.2, 0) is 12.8 Å². The predicted molar refractivity (Wildman–Crippen MR) is 137 cm³/mol. The molecule has 2 aromatic heterocycles. The molecule has 5 rings (SSSR count). The van der Waals surface area contributed by atoms with Crippen LogP contribution >= 0.6 is 35.3 Å². The van der Waals surface area contributed by atoms with E-state index < -0.39 is 0 Å². The zero-order valence-corrected chi connectivity index (χ0v) is 20.0. The fraction of sp³-hybridized carbons (Fsp3) is 0.208. The number of para-hydroxylation sites is 1. The molecule has 8 heteroatoms. The number of hydrogen-bond acceptors (Lipinski definition) is 6. The molecule has 0 atom stereocenters. The average molecular weight is 479 g/mol. The lowest BCUT2D eigenvalue weighted by Crippen LogP contribution is -2.19. The van der Waals surface area contributed by atoms with Gasteiger partial charge in [0.2, 0.25) is 0 Å². The fourth-order valence-corrected chi connectivity index (χ4v) is 6.39. The van der Waals surface area contributed by atoms with Crippen LogP contribution in [0.3, 0.4) is 0 Å². The van der Waals surface area contributed by atoms with E-state index in [4.69, 9.17) is 17.0 Å². The minimum Gasteiger partial charge on any atom is -0.497 e. The Morgan fingerprint density at radius 3 is 2.69 bits per heavy atom. The molecule has 0 radical (unpaired) electrons. The number of rotatable bonds is 5. The second kappa shape index (κ2) is 9.44. The molecular formula is C24H22N4OS3. The van der Waals surface area contributed by atoms with E-state index in [2.05, 4.69) is 26.7 Å². The molecule has 0 amide bonds. The number of aryl methyl sites for hydroxylation is 2. The molecule has 2 heterocycles. The van der Waals surface area contributed by atoms with E-state index in [1.54, 1.807) is 25.2 Å². The molecule has 1 aliphatic rings. The Balaban J connectivity index is 1.38. The van der Waals surface area contributed by atoms with Gasteiger partial charge in [0.15, 0.2) is 5.11 Å². The van der Waals surface area contributed by atoms with Crippen LogP contribution in [0.4, 0.5) is 11.4 Å². The van der Waals surface area contributed by atoms with Gasteiger partial charge in [-0.2, -0.15) is 0 Å². The maximum Gasteiger partial charge on any atom is 0.175 e. The summed E-state index contributed by atoms with van der Waals surface area (Å²) in [6.45, 7) is 0. The molecule has 2 aromatic carbocycles. The lowest BCUT2D eigenvalue weighted by Gasteiger charge is -2.15. The van der Waals surface area contributed by atoms with Crippen LogP contribution in [0, 0.1) is 0 Å². The maximum absolute atomic E-state index is 5.56. The lowest BCUT2D eigenvalue weighted by molar-refractivity contribution is 0.415. The number of fused-ring (bicyclic) bond motifs is 3. The van der Waals surface area contributed by atoms with E-state index in [-0.39, 0.29) is 0 Å². The number of ether oxygens (including phenoxy) is 1. The minimum atomic E-state index is 0.531. The molecule has 0 spiro atoms. The summed E-state index contributed by atoms with van der Waals surface area (Å²) in [4.78, 5) is 12.9. The molecule has 0 fully saturated rings. The zero-order chi connectivity index (χ0) is 21.9. The third kappa shape index (κ3) is 4.44. The number of nitrogens with one attached hydrogen (secondary N) is 2. The normalized spacial score (nSPS) is 12.9. The van der Waals surface area contributed by atoms with Crippen molar-refractivity contribution in [3.63, 3.8) is 0 Å². The van der Waals surface area contributed by atoms with E-state index in [1.807, 2.05) is 53.8 Å². The van der Waals surface area contributed by atoms with Gasteiger partial charge in [-0.3, -0.25) is 0 Å². The summed E-state index contributed by atoms with van der Waals surface area (Å²) in [5.41, 5.74) is 3.29. The van der Waals surface area contributed by atoms with Gasteiger partial charge in [-0.1, -0.05) is 23.9 Å². The van der Waals surface area contributed by atoms with Crippen molar-refractivity contribution in [2.24, 2.45) is 0 Å². The van der Waals surface area contributed by atoms with Gasteiger partial charge in [-0.25, -0.2) is 9.97 Å². The summed E-state index contributed by atoms with van der Waals surface area (Å²) in [6.07, 6.45) is 6.46. The Morgan fingerprint density at radius 1 is 1.03 bits per heavy atom. The Morgan fingerprint density at radius 2 is 1.84 bits per heavy atom. The molecular weight excluding hydrogens is 456 g/mol. The lowest BCUT2D eigenvalue weighted by atomic mass is 9.97. The van der Waals surface area contributed by atoms with Crippen molar-refractivity contribution in [1.82, 2.24) is 9.97 Å². The van der Waals surface area contributed by atoms with Gasteiger partial charge in [0.25, 0.3) is 0 Å². The van der Waals surface area contributed by atoms with Crippen LogP contribution in [0.1, 0.15) is 23.3 Å². The number of hydrogen-bond donors (Lipinski definition) is 2. The second-order valence-corrected chi connectivity index (χ2v) is 10.00. The summed E-state index contributed by atoms with van der Waals surface area (Å²) in [5.74, 6) is 0.808. The first-order valence-corrected chi connectivity index (χ1v) is 12.5. The van der Waals surface area contributed by atoms with Crippen molar-refractivity contribution < 1.29 is 4.74 Å². The Hall–Kier alpha value is -2.68. The number of nitrogens with zero attached hydrogens (tertiary/aromatic N) is 2. The minimum absolute atomic E-state index is 0.531. The van der Waals surface area contributed by atoms with E-state index in [0.717, 1.165) is 44.7 Å². The molecule has 2 N–H and O–H groups in total. The van der Waals surface area contributed by atoms with Gasteiger partial charge < -0.3 is 15.4 Å². The fourth-order valence-electron chi connectivity index (χ4n) is 3.86. The third-order valence-electron chi connectivity index (χ3n) is 5.41. The highest BCUT2D eigenvalue weighted by Crippen LogP contribution is 2.42. The Kier molecular flexibility index (Phi) is 6.25. The van der Waals surface area contributed by atoms with Crippen molar-refractivity contribution in [3.8, 4) is 5.75 Å². The van der Waals surface area contributed by atoms with Crippen molar-refractivity contribution >= 4 is 62.0 Å². The molecule has 1 aliphatic carbocycles.